The van der Waals surface area contributed by atoms with Gasteiger partial charge < -0.3 is 20.3 Å². The van der Waals surface area contributed by atoms with Gasteiger partial charge in [-0.3, -0.25) is 14.8 Å². The predicted octanol–water partition coefficient (Wildman–Crippen LogP) is 2.11. The van der Waals surface area contributed by atoms with Crippen LogP contribution in [0.4, 0.5) is 5.69 Å². The SMILES string of the molecule is CN=C(NCCCCN1CCN(c2ccccc2)CC1)NCC1CN(CC(C)C)CCO1. The Hall–Kier alpha value is -1.83. The molecule has 2 heterocycles. The standard InChI is InChI=1S/C25H44N6O/c1-22(2)20-30-17-18-32-24(21-30)19-28-25(26-3)27-11-7-8-12-29-13-15-31(16-14-29)23-9-5-4-6-10-23/h4-6,9-10,22,24H,7-8,11-21H2,1-3H3,(H2,26,27,28). The van der Waals surface area contributed by atoms with Crippen LogP contribution in [0.1, 0.15) is 26.7 Å². The summed E-state index contributed by atoms with van der Waals surface area (Å²) in [6, 6.07) is 10.8. The largest absolute Gasteiger partial charge is 0.374 e. The molecule has 180 valence electrons. The molecule has 2 saturated heterocycles. The number of anilines is 1. The van der Waals surface area contributed by atoms with Gasteiger partial charge >= 0.3 is 0 Å². The number of benzene rings is 1. The van der Waals surface area contributed by atoms with Crippen LogP contribution in [0.3, 0.4) is 0 Å². The van der Waals surface area contributed by atoms with Gasteiger partial charge in [0.2, 0.25) is 0 Å². The Labute approximate surface area is 195 Å². The van der Waals surface area contributed by atoms with E-state index in [0.29, 0.717) is 5.92 Å². The summed E-state index contributed by atoms with van der Waals surface area (Å²) in [6.45, 7) is 16.1. The Bertz CT molecular complexity index is 660. The van der Waals surface area contributed by atoms with Gasteiger partial charge in [0.25, 0.3) is 0 Å². The van der Waals surface area contributed by atoms with Crippen molar-refractivity contribution in [2.75, 3.05) is 84.0 Å². The van der Waals surface area contributed by atoms with Crippen LogP contribution >= 0.6 is 0 Å². The summed E-state index contributed by atoms with van der Waals surface area (Å²) in [7, 11) is 1.84. The van der Waals surface area contributed by atoms with Crippen molar-refractivity contribution in [2.24, 2.45) is 10.9 Å². The molecule has 1 atom stereocenters. The van der Waals surface area contributed by atoms with Gasteiger partial charge in [0.05, 0.1) is 12.7 Å². The van der Waals surface area contributed by atoms with Crippen LogP contribution in [0.25, 0.3) is 0 Å². The maximum absolute atomic E-state index is 5.93. The summed E-state index contributed by atoms with van der Waals surface area (Å²) >= 11 is 0. The highest BCUT2D eigenvalue weighted by molar-refractivity contribution is 5.79. The third-order valence-electron chi connectivity index (χ3n) is 6.25. The number of aliphatic imine (C=N–C) groups is 1. The first-order valence-corrected chi connectivity index (χ1v) is 12.4. The zero-order chi connectivity index (χ0) is 22.6. The highest BCUT2D eigenvalue weighted by Gasteiger charge is 2.21. The lowest BCUT2D eigenvalue weighted by Crippen LogP contribution is -2.50. The Morgan fingerprint density at radius 3 is 2.53 bits per heavy atom. The number of para-hydroxylation sites is 1. The van der Waals surface area contributed by atoms with Crippen LogP contribution in [0, 0.1) is 5.92 Å². The number of hydrogen-bond donors (Lipinski definition) is 2. The molecule has 2 N–H and O–H groups in total. The molecule has 0 spiro atoms. The number of hydrogen-bond acceptors (Lipinski definition) is 5. The molecule has 0 aliphatic carbocycles. The summed E-state index contributed by atoms with van der Waals surface area (Å²) in [6.07, 6.45) is 2.60. The third-order valence-corrected chi connectivity index (χ3v) is 6.25. The van der Waals surface area contributed by atoms with Crippen molar-refractivity contribution in [1.29, 1.82) is 0 Å². The highest BCUT2D eigenvalue weighted by atomic mass is 16.5. The quantitative estimate of drug-likeness (QED) is 0.328. The van der Waals surface area contributed by atoms with E-state index in [-0.39, 0.29) is 6.10 Å². The minimum Gasteiger partial charge on any atom is -0.374 e. The van der Waals surface area contributed by atoms with Crippen LogP contribution in [0.5, 0.6) is 0 Å². The minimum absolute atomic E-state index is 0.232. The van der Waals surface area contributed by atoms with Gasteiger partial charge in [-0.2, -0.15) is 0 Å². The van der Waals surface area contributed by atoms with Gasteiger partial charge in [-0.05, 0) is 37.4 Å². The van der Waals surface area contributed by atoms with Gasteiger partial charge in [-0.25, -0.2) is 0 Å². The number of ether oxygens (including phenoxy) is 1. The second-order valence-corrected chi connectivity index (χ2v) is 9.40. The first-order valence-electron chi connectivity index (χ1n) is 12.4. The van der Waals surface area contributed by atoms with E-state index in [1.807, 2.05) is 7.05 Å². The summed E-state index contributed by atoms with van der Waals surface area (Å²) in [5, 5.41) is 6.91. The second-order valence-electron chi connectivity index (χ2n) is 9.40. The van der Waals surface area contributed by atoms with E-state index < -0.39 is 0 Å². The fourth-order valence-corrected chi connectivity index (χ4v) is 4.55. The number of guanidine groups is 1. The zero-order valence-corrected chi connectivity index (χ0v) is 20.4. The van der Waals surface area contributed by atoms with Crippen molar-refractivity contribution >= 4 is 11.6 Å². The molecule has 2 aliphatic heterocycles. The molecule has 0 saturated carbocycles. The lowest BCUT2D eigenvalue weighted by atomic mass is 10.2. The molecule has 1 aromatic carbocycles. The molecule has 2 aliphatic rings. The van der Waals surface area contributed by atoms with Crippen LogP contribution in [-0.4, -0.2) is 101 Å². The zero-order valence-electron chi connectivity index (χ0n) is 20.4. The molecular formula is C25H44N6O. The molecule has 0 bridgehead atoms. The van der Waals surface area contributed by atoms with Crippen molar-refractivity contribution in [2.45, 2.75) is 32.8 Å². The number of rotatable bonds is 10. The monoisotopic (exact) mass is 444 g/mol. The van der Waals surface area contributed by atoms with Crippen molar-refractivity contribution in [3.05, 3.63) is 30.3 Å². The number of piperazine rings is 1. The van der Waals surface area contributed by atoms with E-state index >= 15 is 0 Å². The Balaban J connectivity index is 1.23. The van der Waals surface area contributed by atoms with Crippen LogP contribution in [0.2, 0.25) is 0 Å². The average Bonchev–Trinajstić information content (AvgIpc) is 2.81. The molecule has 7 nitrogen and oxygen atoms in total. The molecule has 1 aromatic rings. The molecule has 3 rings (SSSR count). The smallest absolute Gasteiger partial charge is 0.191 e. The molecule has 32 heavy (non-hydrogen) atoms. The normalized spacial score (nSPS) is 21.2. The summed E-state index contributed by atoms with van der Waals surface area (Å²) in [5.41, 5.74) is 1.35. The minimum atomic E-state index is 0.232. The highest BCUT2D eigenvalue weighted by Crippen LogP contribution is 2.15. The first-order chi connectivity index (χ1) is 15.6. The van der Waals surface area contributed by atoms with Gasteiger partial charge in [-0.15, -0.1) is 0 Å². The number of unbranched alkanes of at least 4 members (excludes halogenated alkanes) is 1. The van der Waals surface area contributed by atoms with E-state index in [1.165, 1.54) is 18.7 Å². The summed E-state index contributed by atoms with van der Waals surface area (Å²) in [4.78, 5) is 12.0. The van der Waals surface area contributed by atoms with E-state index in [1.54, 1.807) is 0 Å². The van der Waals surface area contributed by atoms with E-state index in [9.17, 15) is 0 Å². The van der Waals surface area contributed by atoms with Crippen molar-refractivity contribution < 1.29 is 4.74 Å². The Morgan fingerprint density at radius 1 is 1.03 bits per heavy atom. The summed E-state index contributed by atoms with van der Waals surface area (Å²) < 4.78 is 5.93. The van der Waals surface area contributed by atoms with E-state index in [2.05, 4.69) is 74.5 Å². The van der Waals surface area contributed by atoms with Gasteiger partial charge in [0.1, 0.15) is 0 Å². The molecule has 0 aromatic heterocycles. The van der Waals surface area contributed by atoms with Crippen LogP contribution in [-0.2, 0) is 4.74 Å². The van der Waals surface area contributed by atoms with Gasteiger partial charge in [0, 0.05) is 71.6 Å². The maximum atomic E-state index is 5.93. The van der Waals surface area contributed by atoms with E-state index in [4.69, 9.17) is 4.74 Å². The van der Waals surface area contributed by atoms with Gasteiger partial charge in [-0.1, -0.05) is 32.0 Å². The molecule has 0 amide bonds. The van der Waals surface area contributed by atoms with Crippen molar-refractivity contribution in [3.8, 4) is 0 Å². The molecule has 2 fully saturated rings. The lowest BCUT2D eigenvalue weighted by Gasteiger charge is -2.36. The molecule has 1 unspecified atom stereocenters. The fraction of sp³-hybridized carbons (Fsp3) is 0.720. The third kappa shape index (κ3) is 8.60. The molecule has 7 heteroatoms. The number of morpholine rings is 1. The Kier molecular flexibility index (Phi) is 10.6. The number of nitrogens with one attached hydrogen (secondary N) is 2. The lowest BCUT2D eigenvalue weighted by molar-refractivity contribution is -0.0284. The average molecular weight is 445 g/mol. The first kappa shape index (κ1) is 24.8. The number of nitrogens with zero attached hydrogens (tertiary/aromatic N) is 4. The predicted molar refractivity (Wildman–Crippen MR) is 135 cm³/mol. The second kappa shape index (κ2) is 13.7. The van der Waals surface area contributed by atoms with Crippen LogP contribution < -0.4 is 15.5 Å². The molecule has 0 radical (unpaired) electrons. The maximum Gasteiger partial charge on any atom is 0.191 e. The topological polar surface area (TPSA) is 55.4 Å². The van der Waals surface area contributed by atoms with Crippen LogP contribution in [0.15, 0.2) is 35.3 Å². The molecular weight excluding hydrogens is 400 g/mol. The van der Waals surface area contributed by atoms with Gasteiger partial charge in [0.15, 0.2) is 5.96 Å². The van der Waals surface area contributed by atoms with Crippen molar-refractivity contribution in [3.63, 3.8) is 0 Å². The fourth-order valence-electron chi connectivity index (χ4n) is 4.55. The van der Waals surface area contributed by atoms with Crippen molar-refractivity contribution in [1.82, 2.24) is 20.4 Å². The Morgan fingerprint density at radius 2 is 1.81 bits per heavy atom. The van der Waals surface area contributed by atoms with E-state index in [0.717, 1.165) is 77.9 Å². The summed E-state index contributed by atoms with van der Waals surface area (Å²) in [5.74, 6) is 1.58.